The first-order chi connectivity index (χ1) is 13.4. The van der Waals surface area contributed by atoms with Gasteiger partial charge in [-0.2, -0.15) is 8.78 Å². The number of carbonyl (C=O) groups is 2. The van der Waals surface area contributed by atoms with Crippen LogP contribution in [0.5, 0.6) is 11.5 Å². The molecule has 3 rings (SSSR count). The van der Waals surface area contributed by atoms with Gasteiger partial charge in [-0.25, -0.2) is 0 Å². The van der Waals surface area contributed by atoms with Crippen LogP contribution < -0.4 is 19.7 Å². The van der Waals surface area contributed by atoms with Gasteiger partial charge in [0.1, 0.15) is 0 Å². The van der Waals surface area contributed by atoms with Crippen molar-refractivity contribution in [2.24, 2.45) is 5.92 Å². The van der Waals surface area contributed by atoms with Gasteiger partial charge >= 0.3 is 6.61 Å². The molecule has 148 valence electrons. The fourth-order valence-corrected chi connectivity index (χ4v) is 3.47. The van der Waals surface area contributed by atoms with E-state index in [9.17, 15) is 18.4 Å². The lowest BCUT2D eigenvalue weighted by molar-refractivity contribution is -0.122. The van der Waals surface area contributed by atoms with E-state index in [-0.39, 0.29) is 42.0 Å². The van der Waals surface area contributed by atoms with Crippen molar-refractivity contribution in [2.75, 3.05) is 23.9 Å². The number of methoxy groups -OCH3 is 1. The standard InChI is InChI=1S/C19H17BrF2N2O4/c1-27-15-7-6-12(9-16(15)28-19(21)22)23-18(26)11-8-17(25)24(10-11)14-5-3-2-4-13(14)20/h2-7,9,11,19H,8,10H2,1H3,(H,23,26). The molecule has 2 aromatic carbocycles. The molecule has 0 spiro atoms. The Morgan fingerprint density at radius 2 is 2.00 bits per heavy atom. The van der Waals surface area contributed by atoms with Gasteiger partial charge in [-0.3, -0.25) is 9.59 Å². The molecule has 0 radical (unpaired) electrons. The highest BCUT2D eigenvalue weighted by atomic mass is 79.9. The second kappa shape index (κ2) is 8.55. The van der Waals surface area contributed by atoms with Crippen molar-refractivity contribution in [1.29, 1.82) is 0 Å². The molecule has 1 aliphatic heterocycles. The maximum atomic E-state index is 12.6. The van der Waals surface area contributed by atoms with Gasteiger partial charge in [-0.1, -0.05) is 12.1 Å². The Bertz CT molecular complexity index is 894. The van der Waals surface area contributed by atoms with E-state index in [0.717, 1.165) is 4.47 Å². The van der Waals surface area contributed by atoms with Gasteiger partial charge in [0.2, 0.25) is 11.8 Å². The number of nitrogens with one attached hydrogen (secondary N) is 1. The van der Waals surface area contributed by atoms with E-state index >= 15 is 0 Å². The van der Waals surface area contributed by atoms with Crippen molar-refractivity contribution in [2.45, 2.75) is 13.0 Å². The van der Waals surface area contributed by atoms with Gasteiger partial charge in [-0.15, -0.1) is 0 Å². The summed E-state index contributed by atoms with van der Waals surface area (Å²) < 4.78 is 35.2. The number of rotatable bonds is 6. The predicted molar refractivity (Wildman–Crippen MR) is 103 cm³/mol. The Hall–Kier alpha value is -2.68. The number of nitrogens with zero attached hydrogens (tertiary/aromatic N) is 1. The first-order valence-electron chi connectivity index (χ1n) is 8.37. The predicted octanol–water partition coefficient (Wildman–Crippen LogP) is 4.05. The molecule has 6 nitrogen and oxygen atoms in total. The average molecular weight is 455 g/mol. The number of para-hydroxylation sites is 1. The molecule has 1 aliphatic rings. The van der Waals surface area contributed by atoms with E-state index in [2.05, 4.69) is 26.0 Å². The maximum absolute atomic E-state index is 12.6. The molecule has 2 amide bonds. The lowest BCUT2D eigenvalue weighted by atomic mass is 10.1. The maximum Gasteiger partial charge on any atom is 0.387 e. The molecule has 1 atom stereocenters. The number of ether oxygens (including phenoxy) is 2. The molecular formula is C19H17BrF2N2O4. The molecule has 0 bridgehead atoms. The molecule has 0 saturated carbocycles. The molecule has 1 saturated heterocycles. The zero-order valence-corrected chi connectivity index (χ0v) is 16.4. The van der Waals surface area contributed by atoms with E-state index in [0.29, 0.717) is 5.69 Å². The number of carbonyl (C=O) groups excluding carboxylic acids is 2. The van der Waals surface area contributed by atoms with E-state index in [1.807, 2.05) is 18.2 Å². The number of anilines is 2. The normalized spacial score (nSPS) is 16.4. The molecule has 2 aromatic rings. The molecule has 9 heteroatoms. The van der Waals surface area contributed by atoms with Crippen molar-refractivity contribution in [1.82, 2.24) is 0 Å². The monoisotopic (exact) mass is 454 g/mol. The number of benzene rings is 2. The quantitative estimate of drug-likeness (QED) is 0.714. The Balaban J connectivity index is 1.72. The molecule has 0 aliphatic carbocycles. The lowest BCUT2D eigenvalue weighted by Crippen LogP contribution is -2.28. The van der Waals surface area contributed by atoms with Crippen LogP contribution in [-0.4, -0.2) is 32.1 Å². The van der Waals surface area contributed by atoms with Gasteiger partial charge < -0.3 is 19.7 Å². The third-order valence-corrected chi connectivity index (χ3v) is 4.96. The molecule has 0 aromatic heterocycles. The first kappa shape index (κ1) is 20.1. The van der Waals surface area contributed by atoms with Crippen LogP contribution in [0, 0.1) is 5.92 Å². The summed E-state index contributed by atoms with van der Waals surface area (Å²) in [6, 6.07) is 11.4. The molecule has 1 fully saturated rings. The minimum Gasteiger partial charge on any atom is -0.493 e. The summed E-state index contributed by atoms with van der Waals surface area (Å²) in [6.45, 7) is -2.80. The Morgan fingerprint density at radius 1 is 1.25 bits per heavy atom. The van der Waals surface area contributed by atoms with Crippen molar-refractivity contribution >= 4 is 39.1 Å². The summed E-state index contributed by atoms with van der Waals surface area (Å²) in [5.74, 6) is -1.18. The van der Waals surface area contributed by atoms with Crippen LogP contribution in [0.1, 0.15) is 6.42 Å². The number of halogens is 3. The summed E-state index contributed by atoms with van der Waals surface area (Å²) in [5.41, 5.74) is 0.966. The molecule has 1 heterocycles. The van der Waals surface area contributed by atoms with Crippen molar-refractivity contribution in [3.63, 3.8) is 0 Å². The number of hydrogen-bond donors (Lipinski definition) is 1. The second-order valence-electron chi connectivity index (χ2n) is 6.09. The third kappa shape index (κ3) is 4.41. The lowest BCUT2D eigenvalue weighted by Gasteiger charge is -2.18. The summed E-state index contributed by atoms with van der Waals surface area (Å²) in [7, 11) is 1.33. The number of alkyl halides is 2. The topological polar surface area (TPSA) is 67.9 Å². The molecule has 1 unspecified atom stereocenters. The zero-order chi connectivity index (χ0) is 20.3. The smallest absolute Gasteiger partial charge is 0.387 e. The van der Waals surface area contributed by atoms with Gasteiger partial charge in [-0.05, 0) is 40.2 Å². The van der Waals surface area contributed by atoms with Crippen LogP contribution in [0.25, 0.3) is 0 Å². The van der Waals surface area contributed by atoms with Crippen molar-refractivity contribution in [3.05, 3.63) is 46.9 Å². The van der Waals surface area contributed by atoms with E-state index in [1.165, 1.54) is 25.3 Å². The number of amides is 2. The van der Waals surface area contributed by atoms with Crippen molar-refractivity contribution < 1.29 is 27.8 Å². The zero-order valence-electron chi connectivity index (χ0n) is 14.8. The Labute approximate surface area is 168 Å². The molecule has 28 heavy (non-hydrogen) atoms. The average Bonchev–Trinajstić information content (AvgIpc) is 3.03. The third-order valence-electron chi connectivity index (χ3n) is 4.29. The Kier molecular flexibility index (Phi) is 6.13. The van der Waals surface area contributed by atoms with Crippen LogP contribution in [0.3, 0.4) is 0 Å². The van der Waals surface area contributed by atoms with Gasteiger partial charge in [0.25, 0.3) is 0 Å². The van der Waals surface area contributed by atoms with E-state index in [4.69, 9.17) is 4.74 Å². The van der Waals surface area contributed by atoms with Crippen molar-refractivity contribution in [3.8, 4) is 11.5 Å². The fraction of sp³-hybridized carbons (Fsp3) is 0.263. The highest BCUT2D eigenvalue weighted by Gasteiger charge is 2.35. The first-order valence-corrected chi connectivity index (χ1v) is 9.17. The van der Waals surface area contributed by atoms with Crippen LogP contribution >= 0.6 is 15.9 Å². The summed E-state index contributed by atoms with van der Waals surface area (Å²) in [5, 5.41) is 2.65. The highest BCUT2D eigenvalue weighted by Crippen LogP contribution is 2.33. The highest BCUT2D eigenvalue weighted by molar-refractivity contribution is 9.10. The fourth-order valence-electron chi connectivity index (χ4n) is 2.97. The van der Waals surface area contributed by atoms with E-state index < -0.39 is 12.5 Å². The summed E-state index contributed by atoms with van der Waals surface area (Å²) >= 11 is 3.40. The SMILES string of the molecule is COc1ccc(NC(=O)C2CC(=O)N(c3ccccc3Br)C2)cc1OC(F)F. The summed E-state index contributed by atoms with van der Waals surface area (Å²) in [6.07, 6.45) is 0.0592. The van der Waals surface area contributed by atoms with Crippen LogP contribution in [0.15, 0.2) is 46.9 Å². The number of hydrogen-bond acceptors (Lipinski definition) is 4. The minimum atomic E-state index is -3.02. The largest absolute Gasteiger partial charge is 0.493 e. The minimum absolute atomic E-state index is 0.0592. The van der Waals surface area contributed by atoms with Crippen LogP contribution in [0.2, 0.25) is 0 Å². The van der Waals surface area contributed by atoms with Gasteiger partial charge in [0, 0.05) is 29.2 Å². The molecular weight excluding hydrogens is 438 g/mol. The Morgan fingerprint density at radius 3 is 2.68 bits per heavy atom. The summed E-state index contributed by atoms with van der Waals surface area (Å²) in [4.78, 5) is 26.5. The molecule has 1 N–H and O–H groups in total. The van der Waals surface area contributed by atoms with Gasteiger partial charge in [0.15, 0.2) is 11.5 Å². The van der Waals surface area contributed by atoms with E-state index in [1.54, 1.807) is 11.0 Å². The van der Waals surface area contributed by atoms with Crippen LogP contribution in [0.4, 0.5) is 20.2 Å². The van der Waals surface area contributed by atoms with Crippen LogP contribution in [-0.2, 0) is 9.59 Å². The van der Waals surface area contributed by atoms with Gasteiger partial charge in [0.05, 0.1) is 18.7 Å². The second-order valence-corrected chi connectivity index (χ2v) is 6.94.